The molecule has 0 saturated carbocycles. The van der Waals surface area contributed by atoms with Gasteiger partial charge in [-0.25, -0.2) is 0 Å². The molecule has 0 spiro atoms. The van der Waals surface area contributed by atoms with E-state index in [4.69, 9.17) is 33.0 Å². The van der Waals surface area contributed by atoms with Crippen molar-refractivity contribution >= 4 is 33.3 Å². The van der Waals surface area contributed by atoms with Gasteiger partial charge in [0.15, 0.2) is 0 Å². The molecule has 1 rings (SSSR count). The SMILES string of the molecule is N#Cc1c(Cl)cc(S(=O)(=O)O)cc1Cl. The average molecular weight is 252 g/mol. The van der Waals surface area contributed by atoms with Crippen molar-refractivity contribution in [1.29, 1.82) is 5.26 Å². The Morgan fingerprint density at radius 3 is 2.00 bits per heavy atom. The summed E-state index contributed by atoms with van der Waals surface area (Å²) in [4.78, 5) is -0.438. The summed E-state index contributed by atoms with van der Waals surface area (Å²) in [6.45, 7) is 0. The van der Waals surface area contributed by atoms with Crippen LogP contribution in [0.4, 0.5) is 0 Å². The van der Waals surface area contributed by atoms with Crippen LogP contribution in [0, 0.1) is 11.3 Å². The number of halogens is 2. The first-order valence-electron chi connectivity index (χ1n) is 3.23. The molecule has 0 atom stereocenters. The van der Waals surface area contributed by atoms with Crippen LogP contribution in [-0.2, 0) is 10.1 Å². The maximum Gasteiger partial charge on any atom is 0.294 e. The third kappa shape index (κ3) is 2.16. The van der Waals surface area contributed by atoms with Crippen LogP contribution >= 0.6 is 23.2 Å². The van der Waals surface area contributed by atoms with E-state index >= 15 is 0 Å². The fourth-order valence-corrected chi connectivity index (χ4v) is 2.04. The zero-order chi connectivity index (χ0) is 10.9. The largest absolute Gasteiger partial charge is 0.294 e. The molecule has 1 aromatic carbocycles. The molecule has 7 heteroatoms. The smallest absolute Gasteiger partial charge is 0.282 e. The highest BCUT2D eigenvalue weighted by molar-refractivity contribution is 7.85. The van der Waals surface area contributed by atoms with Crippen molar-refractivity contribution in [2.45, 2.75) is 4.90 Å². The van der Waals surface area contributed by atoms with Gasteiger partial charge in [-0.1, -0.05) is 23.2 Å². The first-order chi connectivity index (χ1) is 6.36. The summed E-state index contributed by atoms with van der Waals surface area (Å²) in [6.07, 6.45) is 0. The molecule has 4 nitrogen and oxygen atoms in total. The molecule has 0 radical (unpaired) electrons. The molecule has 0 aliphatic carbocycles. The van der Waals surface area contributed by atoms with Crippen LogP contribution in [0.5, 0.6) is 0 Å². The van der Waals surface area contributed by atoms with Gasteiger partial charge in [0.25, 0.3) is 10.1 Å². The first kappa shape index (κ1) is 11.3. The molecule has 0 aliphatic heterocycles. The van der Waals surface area contributed by atoms with Crippen molar-refractivity contribution in [3.8, 4) is 6.07 Å². The second kappa shape index (κ2) is 3.75. The van der Waals surface area contributed by atoms with Crippen LogP contribution in [0.15, 0.2) is 17.0 Å². The van der Waals surface area contributed by atoms with E-state index in [9.17, 15) is 8.42 Å². The van der Waals surface area contributed by atoms with Crippen LogP contribution < -0.4 is 0 Å². The summed E-state index contributed by atoms with van der Waals surface area (Å²) in [5.74, 6) is 0. The number of hydrogen-bond acceptors (Lipinski definition) is 3. The fraction of sp³-hybridized carbons (Fsp3) is 0. The molecule has 0 aromatic heterocycles. The van der Waals surface area contributed by atoms with Crippen LogP contribution in [0.2, 0.25) is 10.0 Å². The van der Waals surface area contributed by atoms with Crippen molar-refractivity contribution in [3.05, 3.63) is 27.7 Å². The predicted octanol–water partition coefficient (Wildman–Crippen LogP) is 2.11. The van der Waals surface area contributed by atoms with E-state index < -0.39 is 15.0 Å². The van der Waals surface area contributed by atoms with Gasteiger partial charge >= 0.3 is 0 Å². The second-order valence-corrected chi connectivity index (χ2v) is 4.58. The van der Waals surface area contributed by atoms with Gasteiger partial charge in [-0.2, -0.15) is 13.7 Å². The Balaban J connectivity index is 3.53. The summed E-state index contributed by atoms with van der Waals surface area (Å²) in [5.41, 5.74) is -0.0271. The van der Waals surface area contributed by atoms with E-state index in [1.807, 2.05) is 0 Å². The Bertz CT molecular complexity index is 495. The highest BCUT2D eigenvalue weighted by Crippen LogP contribution is 2.27. The molecule has 14 heavy (non-hydrogen) atoms. The van der Waals surface area contributed by atoms with Crippen LogP contribution in [0.3, 0.4) is 0 Å². The highest BCUT2D eigenvalue weighted by atomic mass is 35.5. The standard InChI is InChI=1S/C7H3Cl2NO3S/c8-6-1-4(14(11,12)13)2-7(9)5(6)3-10/h1-2H,(H,11,12,13). The molecule has 74 valence electrons. The maximum atomic E-state index is 10.7. The number of hydrogen-bond donors (Lipinski definition) is 1. The Morgan fingerprint density at radius 2 is 1.71 bits per heavy atom. The van der Waals surface area contributed by atoms with Gasteiger partial charge in [0.2, 0.25) is 0 Å². The van der Waals surface area contributed by atoms with Crippen LogP contribution in [0.25, 0.3) is 0 Å². The van der Waals surface area contributed by atoms with Crippen molar-refractivity contribution in [1.82, 2.24) is 0 Å². The quantitative estimate of drug-likeness (QED) is 0.776. The van der Waals surface area contributed by atoms with Crippen molar-refractivity contribution in [2.24, 2.45) is 0 Å². The van der Waals surface area contributed by atoms with Gasteiger partial charge in [-0.05, 0) is 12.1 Å². The van der Waals surface area contributed by atoms with Gasteiger partial charge < -0.3 is 0 Å². The third-order valence-corrected chi connectivity index (χ3v) is 2.85. The molecule has 0 bridgehead atoms. The van der Waals surface area contributed by atoms with E-state index in [0.717, 1.165) is 12.1 Å². The van der Waals surface area contributed by atoms with E-state index in [1.54, 1.807) is 6.07 Å². The Hall–Kier alpha value is -0.800. The van der Waals surface area contributed by atoms with Crippen LogP contribution in [0.1, 0.15) is 5.56 Å². The average Bonchev–Trinajstić information content (AvgIpc) is 2.01. The van der Waals surface area contributed by atoms with Gasteiger partial charge in [-0.15, -0.1) is 0 Å². The van der Waals surface area contributed by atoms with E-state index in [0.29, 0.717) is 0 Å². The maximum absolute atomic E-state index is 10.7. The normalized spacial score (nSPS) is 11.0. The van der Waals surface area contributed by atoms with Crippen molar-refractivity contribution < 1.29 is 13.0 Å². The minimum Gasteiger partial charge on any atom is -0.282 e. The predicted molar refractivity (Wildman–Crippen MR) is 51.0 cm³/mol. The van der Waals surface area contributed by atoms with Crippen molar-refractivity contribution in [2.75, 3.05) is 0 Å². The highest BCUT2D eigenvalue weighted by Gasteiger charge is 2.15. The molecular weight excluding hydrogens is 249 g/mol. The zero-order valence-electron chi connectivity index (χ0n) is 6.53. The first-order valence-corrected chi connectivity index (χ1v) is 5.42. The molecule has 1 aromatic rings. The summed E-state index contributed by atoms with van der Waals surface area (Å²) >= 11 is 11.1. The molecule has 0 aliphatic rings. The molecule has 0 unspecified atom stereocenters. The Morgan fingerprint density at radius 1 is 1.29 bits per heavy atom. The molecule has 0 amide bonds. The van der Waals surface area contributed by atoms with E-state index in [2.05, 4.69) is 0 Å². The minimum atomic E-state index is -4.35. The summed E-state index contributed by atoms with van der Waals surface area (Å²) < 4.78 is 30.1. The zero-order valence-corrected chi connectivity index (χ0v) is 8.86. The molecule has 0 fully saturated rings. The Kier molecular flexibility index (Phi) is 3.02. The molecule has 0 heterocycles. The molecular formula is C7H3Cl2NO3S. The number of nitrogens with zero attached hydrogens (tertiary/aromatic N) is 1. The minimum absolute atomic E-state index is 0.0271. The number of benzene rings is 1. The van der Waals surface area contributed by atoms with E-state index in [-0.39, 0.29) is 15.6 Å². The lowest BCUT2D eigenvalue weighted by atomic mass is 10.2. The van der Waals surface area contributed by atoms with Crippen molar-refractivity contribution in [3.63, 3.8) is 0 Å². The second-order valence-electron chi connectivity index (χ2n) is 2.35. The monoisotopic (exact) mass is 251 g/mol. The lowest BCUT2D eigenvalue weighted by Crippen LogP contribution is -1.98. The van der Waals surface area contributed by atoms with Gasteiger partial charge in [-0.3, -0.25) is 4.55 Å². The fourth-order valence-electron chi connectivity index (χ4n) is 0.806. The molecule has 1 N–H and O–H groups in total. The summed E-state index contributed by atoms with van der Waals surface area (Å²) in [7, 11) is -4.35. The Labute approximate surface area is 90.4 Å². The summed E-state index contributed by atoms with van der Waals surface area (Å²) in [5, 5.41) is 8.33. The topological polar surface area (TPSA) is 78.2 Å². The molecule has 0 saturated heterocycles. The number of rotatable bonds is 1. The summed E-state index contributed by atoms with van der Waals surface area (Å²) in [6, 6.07) is 3.62. The van der Waals surface area contributed by atoms with Gasteiger partial charge in [0.1, 0.15) is 6.07 Å². The number of nitriles is 1. The van der Waals surface area contributed by atoms with Gasteiger partial charge in [0.05, 0.1) is 20.5 Å². The third-order valence-electron chi connectivity index (χ3n) is 1.43. The lowest BCUT2D eigenvalue weighted by Gasteiger charge is -2.01. The lowest BCUT2D eigenvalue weighted by molar-refractivity contribution is 0.483. The van der Waals surface area contributed by atoms with E-state index in [1.165, 1.54) is 0 Å². The van der Waals surface area contributed by atoms with Crippen LogP contribution in [-0.4, -0.2) is 13.0 Å². The van der Waals surface area contributed by atoms with Gasteiger partial charge in [0, 0.05) is 0 Å².